The van der Waals surface area contributed by atoms with Crippen molar-refractivity contribution in [2.75, 3.05) is 26.2 Å². The predicted molar refractivity (Wildman–Crippen MR) is 130 cm³/mol. The van der Waals surface area contributed by atoms with Gasteiger partial charge in [-0.2, -0.15) is 0 Å². The van der Waals surface area contributed by atoms with E-state index in [9.17, 15) is 0 Å². The molecule has 0 N–H and O–H groups in total. The van der Waals surface area contributed by atoms with Crippen molar-refractivity contribution in [1.29, 1.82) is 0 Å². The molecule has 0 radical (unpaired) electrons. The Kier molecular flexibility index (Phi) is 6.40. The van der Waals surface area contributed by atoms with Crippen LogP contribution in [0.25, 0.3) is 0 Å². The van der Waals surface area contributed by atoms with Crippen molar-refractivity contribution in [2.45, 2.75) is 37.3 Å². The number of hydrogen-bond donors (Lipinski definition) is 0. The molecule has 3 aromatic rings. The van der Waals surface area contributed by atoms with Gasteiger partial charge in [0.25, 0.3) is 0 Å². The van der Waals surface area contributed by atoms with E-state index >= 15 is 0 Å². The largest absolute Gasteiger partial charge is 0.298 e. The molecule has 2 heterocycles. The van der Waals surface area contributed by atoms with Crippen LogP contribution in [0.1, 0.15) is 41.4 Å². The van der Waals surface area contributed by atoms with Gasteiger partial charge in [0.1, 0.15) is 0 Å². The average Bonchev–Trinajstić information content (AvgIpc) is 3.24. The summed E-state index contributed by atoms with van der Waals surface area (Å²) in [7, 11) is 0. The minimum absolute atomic E-state index is 0.510. The fraction of sp³-hybridized carbons (Fsp3) is 0.357. The second-order valence-electron chi connectivity index (χ2n) is 9.13. The Morgan fingerprint density at radius 1 is 0.742 bits per heavy atom. The van der Waals surface area contributed by atoms with Crippen LogP contribution in [0.2, 0.25) is 5.02 Å². The van der Waals surface area contributed by atoms with E-state index in [0.29, 0.717) is 17.9 Å². The molecule has 0 aliphatic carbocycles. The van der Waals surface area contributed by atoms with Crippen LogP contribution in [-0.4, -0.2) is 42.0 Å². The number of benzene rings is 3. The first-order valence-electron chi connectivity index (χ1n) is 11.6. The van der Waals surface area contributed by atoms with Crippen LogP contribution >= 0.6 is 11.6 Å². The highest BCUT2D eigenvalue weighted by Crippen LogP contribution is 2.36. The molecule has 3 aromatic carbocycles. The number of rotatable bonds is 5. The first kappa shape index (κ1) is 20.8. The summed E-state index contributed by atoms with van der Waals surface area (Å²) < 4.78 is 0. The third kappa shape index (κ3) is 4.87. The van der Waals surface area contributed by atoms with Crippen molar-refractivity contribution < 1.29 is 0 Å². The lowest BCUT2D eigenvalue weighted by Crippen LogP contribution is -2.44. The second-order valence-corrected chi connectivity index (χ2v) is 9.57. The van der Waals surface area contributed by atoms with Gasteiger partial charge in [0.05, 0.1) is 0 Å². The quantitative estimate of drug-likeness (QED) is 0.476. The number of piperidine rings is 1. The van der Waals surface area contributed by atoms with Crippen molar-refractivity contribution in [2.24, 2.45) is 0 Å². The molecule has 2 atom stereocenters. The molecule has 0 aromatic heterocycles. The Morgan fingerprint density at radius 2 is 1.42 bits per heavy atom. The fourth-order valence-electron chi connectivity index (χ4n) is 5.56. The molecule has 0 bridgehead atoms. The molecular weight excluding hydrogens is 400 g/mol. The number of hydrogen-bond acceptors (Lipinski definition) is 2. The van der Waals surface area contributed by atoms with E-state index in [1.54, 1.807) is 0 Å². The van der Waals surface area contributed by atoms with Crippen LogP contribution in [0, 0.1) is 0 Å². The Morgan fingerprint density at radius 3 is 2.13 bits per heavy atom. The zero-order chi connectivity index (χ0) is 21.0. The molecular formula is C28H31ClN2. The Bertz CT molecular complexity index is 967. The molecule has 2 aliphatic rings. The minimum atomic E-state index is 0.510. The predicted octanol–water partition coefficient (Wildman–Crippen LogP) is 6.19. The van der Waals surface area contributed by atoms with Gasteiger partial charge in [0.2, 0.25) is 0 Å². The topological polar surface area (TPSA) is 6.48 Å². The lowest BCUT2D eigenvalue weighted by atomic mass is 9.87. The van der Waals surface area contributed by atoms with Gasteiger partial charge >= 0.3 is 0 Å². The normalized spacial score (nSPS) is 23.3. The molecule has 2 saturated heterocycles. The second kappa shape index (κ2) is 9.56. The summed E-state index contributed by atoms with van der Waals surface area (Å²) in [4.78, 5) is 5.39. The van der Waals surface area contributed by atoms with E-state index in [4.69, 9.17) is 11.6 Å². The van der Waals surface area contributed by atoms with Crippen LogP contribution in [0.15, 0.2) is 84.9 Å². The SMILES string of the molecule is Clc1cccc([C@H]2CN(Cc3ccccc3)C[C@@H]2N2CCC(c3ccccc3)CC2)c1. The first-order valence-corrected chi connectivity index (χ1v) is 11.9. The van der Waals surface area contributed by atoms with E-state index in [1.165, 1.54) is 42.6 Å². The lowest BCUT2D eigenvalue weighted by Gasteiger charge is -2.38. The lowest BCUT2D eigenvalue weighted by molar-refractivity contribution is 0.143. The zero-order valence-corrected chi connectivity index (χ0v) is 18.8. The van der Waals surface area contributed by atoms with Crippen LogP contribution in [-0.2, 0) is 6.54 Å². The Labute approximate surface area is 191 Å². The zero-order valence-electron chi connectivity index (χ0n) is 18.0. The Hall–Kier alpha value is -2.13. The molecule has 0 amide bonds. The summed E-state index contributed by atoms with van der Waals surface area (Å²) in [5.41, 5.74) is 4.29. The summed E-state index contributed by atoms with van der Waals surface area (Å²) in [6.07, 6.45) is 2.50. The highest BCUT2D eigenvalue weighted by Gasteiger charge is 2.38. The van der Waals surface area contributed by atoms with E-state index in [1.807, 2.05) is 6.07 Å². The van der Waals surface area contributed by atoms with Crippen LogP contribution in [0.3, 0.4) is 0 Å². The van der Waals surface area contributed by atoms with Gasteiger partial charge in [-0.25, -0.2) is 0 Å². The molecule has 5 rings (SSSR count). The standard InChI is InChI=1S/C28H31ClN2/c29-26-13-7-12-25(18-26)27-20-30(19-22-8-3-1-4-9-22)21-28(27)31-16-14-24(15-17-31)23-10-5-2-6-11-23/h1-13,18,24,27-28H,14-17,19-21H2/t27-,28+/m1/s1. The van der Waals surface area contributed by atoms with Gasteiger partial charge in [0, 0.05) is 36.6 Å². The van der Waals surface area contributed by atoms with Gasteiger partial charge in [-0.3, -0.25) is 9.80 Å². The summed E-state index contributed by atoms with van der Waals surface area (Å²) in [6, 6.07) is 31.0. The smallest absolute Gasteiger partial charge is 0.0408 e. The number of likely N-dealkylation sites (tertiary alicyclic amines) is 2. The van der Waals surface area contributed by atoms with Gasteiger partial charge in [-0.1, -0.05) is 84.4 Å². The molecule has 0 saturated carbocycles. The minimum Gasteiger partial charge on any atom is -0.298 e. The highest BCUT2D eigenvalue weighted by molar-refractivity contribution is 6.30. The maximum Gasteiger partial charge on any atom is 0.0408 e. The highest BCUT2D eigenvalue weighted by atomic mass is 35.5. The van der Waals surface area contributed by atoms with Crippen molar-refractivity contribution in [3.63, 3.8) is 0 Å². The van der Waals surface area contributed by atoms with Gasteiger partial charge in [-0.15, -0.1) is 0 Å². The molecule has 0 spiro atoms. The third-order valence-corrected chi connectivity index (χ3v) is 7.40. The van der Waals surface area contributed by atoms with Gasteiger partial charge < -0.3 is 0 Å². The van der Waals surface area contributed by atoms with Crippen LogP contribution < -0.4 is 0 Å². The number of nitrogens with zero attached hydrogens (tertiary/aromatic N) is 2. The van der Waals surface area contributed by atoms with E-state index < -0.39 is 0 Å². The van der Waals surface area contributed by atoms with Crippen molar-refractivity contribution in [1.82, 2.24) is 9.80 Å². The third-order valence-electron chi connectivity index (χ3n) is 7.16. The fourth-order valence-corrected chi connectivity index (χ4v) is 5.76. The molecule has 160 valence electrons. The summed E-state index contributed by atoms with van der Waals surface area (Å²) in [5, 5.41) is 0.848. The molecule has 2 aliphatic heterocycles. The van der Waals surface area contributed by atoms with E-state index in [-0.39, 0.29) is 0 Å². The molecule has 0 unspecified atom stereocenters. The maximum atomic E-state index is 6.38. The van der Waals surface area contributed by atoms with Crippen molar-refractivity contribution in [3.8, 4) is 0 Å². The van der Waals surface area contributed by atoms with Gasteiger partial charge in [0.15, 0.2) is 0 Å². The maximum absolute atomic E-state index is 6.38. The molecule has 3 heteroatoms. The first-order chi connectivity index (χ1) is 15.3. The number of halogens is 1. The summed E-state index contributed by atoms with van der Waals surface area (Å²) >= 11 is 6.38. The summed E-state index contributed by atoms with van der Waals surface area (Å²) in [6.45, 7) is 5.61. The van der Waals surface area contributed by atoms with Crippen molar-refractivity contribution in [3.05, 3.63) is 107 Å². The van der Waals surface area contributed by atoms with E-state index in [2.05, 4.69) is 88.7 Å². The Balaban J connectivity index is 1.32. The molecule has 2 nitrogen and oxygen atoms in total. The van der Waals surface area contributed by atoms with Gasteiger partial charge in [-0.05, 0) is 60.7 Å². The molecule has 2 fully saturated rings. The summed E-state index contributed by atoms with van der Waals surface area (Å²) in [5.74, 6) is 1.21. The van der Waals surface area contributed by atoms with Crippen molar-refractivity contribution >= 4 is 11.6 Å². The average molecular weight is 431 g/mol. The van der Waals surface area contributed by atoms with Crippen LogP contribution in [0.4, 0.5) is 0 Å². The van der Waals surface area contributed by atoms with Crippen LogP contribution in [0.5, 0.6) is 0 Å². The van der Waals surface area contributed by atoms with E-state index in [0.717, 1.165) is 24.7 Å². The monoisotopic (exact) mass is 430 g/mol. The molecule has 31 heavy (non-hydrogen) atoms.